The van der Waals surface area contributed by atoms with E-state index in [1.165, 1.54) is 6.07 Å². The van der Waals surface area contributed by atoms with E-state index < -0.39 is 5.97 Å². The minimum atomic E-state index is -0.716. The van der Waals surface area contributed by atoms with Crippen molar-refractivity contribution in [2.75, 3.05) is 24.5 Å². The average Bonchev–Trinajstić information content (AvgIpc) is 3.46. The number of piperidine rings is 1. The Morgan fingerprint density at radius 2 is 2.11 bits per heavy atom. The molecule has 10 heteroatoms. The summed E-state index contributed by atoms with van der Waals surface area (Å²) in [6, 6.07) is 5.12. The van der Waals surface area contributed by atoms with E-state index >= 15 is 0 Å². The van der Waals surface area contributed by atoms with E-state index in [2.05, 4.69) is 21.8 Å². The van der Waals surface area contributed by atoms with Crippen molar-refractivity contribution in [3.63, 3.8) is 0 Å². The lowest BCUT2D eigenvalue weighted by molar-refractivity contribution is -0.137. The zero-order chi connectivity index (χ0) is 26.3. The third-order valence-electron chi connectivity index (χ3n) is 8.06. The van der Waals surface area contributed by atoms with Crippen LogP contribution in [0.1, 0.15) is 63.3 Å². The highest BCUT2D eigenvalue weighted by Crippen LogP contribution is 2.33. The summed E-state index contributed by atoms with van der Waals surface area (Å²) in [6.45, 7) is 8.81. The highest BCUT2D eigenvalue weighted by molar-refractivity contribution is 6.30. The lowest BCUT2D eigenvalue weighted by atomic mass is 9.91. The first-order valence-corrected chi connectivity index (χ1v) is 13.5. The molecule has 0 saturated carbocycles. The molecule has 2 aliphatic heterocycles. The van der Waals surface area contributed by atoms with E-state index in [9.17, 15) is 9.18 Å². The summed E-state index contributed by atoms with van der Waals surface area (Å²) in [6.07, 6.45) is 5.98. The van der Waals surface area contributed by atoms with Gasteiger partial charge in [0.1, 0.15) is 17.2 Å². The average molecular weight is 529 g/mol. The number of carboxylic acid groups (broad SMARTS) is 1. The first kappa shape index (κ1) is 25.9. The van der Waals surface area contributed by atoms with Crippen LogP contribution in [-0.4, -0.2) is 67.4 Å². The Balaban J connectivity index is 1.36. The number of benzene rings is 1. The van der Waals surface area contributed by atoms with Crippen LogP contribution in [-0.2, 0) is 4.79 Å². The molecule has 0 bridgehead atoms. The standard InChI is InChI=1S/C27H34ClFN6O2/c1-16-15-33(12-10-23(16)34-11-4-5-20(34)7-9-25(36)37)24-14-30-26-17(2)32-35(27(26)31-24)18(3)21-8-6-19(28)13-22(21)29/h6,8,13-14,16,18,20,23H,4-5,7,9-12,15H2,1-3H3,(H,36,37). The summed E-state index contributed by atoms with van der Waals surface area (Å²) in [5.41, 5.74) is 2.61. The van der Waals surface area contributed by atoms with Crippen molar-refractivity contribution in [2.24, 2.45) is 5.92 Å². The number of aryl methyl sites for hydroxylation is 1. The monoisotopic (exact) mass is 528 g/mol. The van der Waals surface area contributed by atoms with Crippen LogP contribution in [0.5, 0.6) is 0 Å². The minimum absolute atomic E-state index is 0.232. The number of hydrogen-bond donors (Lipinski definition) is 1. The molecule has 1 N–H and O–H groups in total. The van der Waals surface area contributed by atoms with E-state index in [-0.39, 0.29) is 18.3 Å². The predicted octanol–water partition coefficient (Wildman–Crippen LogP) is 5.08. The van der Waals surface area contributed by atoms with Crippen molar-refractivity contribution in [2.45, 2.75) is 71.0 Å². The van der Waals surface area contributed by atoms with Gasteiger partial charge in [-0.2, -0.15) is 5.10 Å². The van der Waals surface area contributed by atoms with E-state index in [1.54, 1.807) is 16.8 Å². The molecule has 4 heterocycles. The van der Waals surface area contributed by atoms with E-state index in [0.717, 1.165) is 56.8 Å². The smallest absolute Gasteiger partial charge is 0.303 e. The van der Waals surface area contributed by atoms with Crippen LogP contribution in [0.3, 0.4) is 0 Å². The Morgan fingerprint density at radius 3 is 2.84 bits per heavy atom. The van der Waals surface area contributed by atoms with Crippen molar-refractivity contribution in [3.8, 4) is 0 Å². The summed E-state index contributed by atoms with van der Waals surface area (Å²) in [5, 5.41) is 14.2. The molecule has 2 fully saturated rings. The Bertz CT molecular complexity index is 1300. The number of rotatable bonds is 7. The molecule has 0 spiro atoms. The lowest BCUT2D eigenvalue weighted by Gasteiger charge is -2.43. The largest absolute Gasteiger partial charge is 0.481 e. The van der Waals surface area contributed by atoms with E-state index in [4.69, 9.17) is 26.7 Å². The van der Waals surface area contributed by atoms with Crippen LogP contribution in [0.15, 0.2) is 24.4 Å². The van der Waals surface area contributed by atoms with Gasteiger partial charge < -0.3 is 10.0 Å². The Hall–Kier alpha value is -2.78. The van der Waals surface area contributed by atoms with Gasteiger partial charge in [0.25, 0.3) is 0 Å². The number of carboxylic acids is 1. The summed E-state index contributed by atoms with van der Waals surface area (Å²) >= 11 is 5.96. The molecule has 8 nitrogen and oxygen atoms in total. The van der Waals surface area contributed by atoms with Crippen molar-refractivity contribution >= 4 is 34.6 Å². The van der Waals surface area contributed by atoms with Crippen molar-refractivity contribution in [3.05, 3.63) is 46.5 Å². The zero-order valence-corrected chi connectivity index (χ0v) is 22.3. The molecule has 4 atom stereocenters. The normalized spacial score (nSPS) is 23.6. The maximum absolute atomic E-state index is 14.7. The second-order valence-electron chi connectivity index (χ2n) is 10.5. The number of anilines is 1. The summed E-state index contributed by atoms with van der Waals surface area (Å²) in [7, 11) is 0. The van der Waals surface area contributed by atoms with Gasteiger partial charge in [-0.3, -0.25) is 9.69 Å². The number of fused-ring (bicyclic) bond motifs is 1. The molecular weight excluding hydrogens is 495 g/mol. The fraction of sp³-hybridized carbons (Fsp3) is 0.556. The molecule has 0 aliphatic carbocycles. The lowest BCUT2D eigenvalue weighted by Crippen LogP contribution is -2.52. The third-order valence-corrected chi connectivity index (χ3v) is 8.30. The number of halogens is 2. The van der Waals surface area contributed by atoms with Crippen LogP contribution >= 0.6 is 11.6 Å². The van der Waals surface area contributed by atoms with Gasteiger partial charge >= 0.3 is 5.97 Å². The Labute approximate surface area is 221 Å². The number of likely N-dealkylation sites (tertiary alicyclic amines) is 1. The summed E-state index contributed by atoms with van der Waals surface area (Å²) in [4.78, 5) is 25.6. The fourth-order valence-corrected chi connectivity index (χ4v) is 6.32. The van der Waals surface area contributed by atoms with Crippen molar-refractivity contribution in [1.29, 1.82) is 0 Å². The minimum Gasteiger partial charge on any atom is -0.481 e. The molecule has 5 rings (SSSR count). The zero-order valence-electron chi connectivity index (χ0n) is 21.6. The van der Waals surface area contributed by atoms with Crippen LogP contribution in [0.25, 0.3) is 11.2 Å². The van der Waals surface area contributed by atoms with Gasteiger partial charge in [-0.05, 0) is 64.1 Å². The fourth-order valence-electron chi connectivity index (χ4n) is 6.16. The first-order valence-electron chi connectivity index (χ1n) is 13.1. The number of hydrogen-bond acceptors (Lipinski definition) is 6. The highest BCUT2D eigenvalue weighted by atomic mass is 35.5. The predicted molar refractivity (Wildman–Crippen MR) is 142 cm³/mol. The number of carbonyl (C=O) groups is 1. The van der Waals surface area contributed by atoms with E-state index in [0.29, 0.717) is 39.8 Å². The SMILES string of the molecule is Cc1nn(C(C)c2ccc(Cl)cc2F)c2nc(N3CCC(N4CCCC4CCC(=O)O)C(C)C3)cnc12. The van der Waals surface area contributed by atoms with Crippen LogP contribution in [0.2, 0.25) is 5.02 Å². The molecule has 2 saturated heterocycles. The van der Waals surface area contributed by atoms with Gasteiger partial charge in [-0.15, -0.1) is 0 Å². The molecule has 0 radical (unpaired) electrons. The van der Waals surface area contributed by atoms with Gasteiger partial charge in [0.15, 0.2) is 5.65 Å². The molecule has 4 unspecified atom stereocenters. The second-order valence-corrected chi connectivity index (χ2v) is 11.0. The van der Waals surface area contributed by atoms with Gasteiger partial charge in [-0.1, -0.05) is 24.6 Å². The highest BCUT2D eigenvalue weighted by Gasteiger charge is 2.37. The van der Waals surface area contributed by atoms with Crippen molar-refractivity contribution in [1.82, 2.24) is 24.6 Å². The molecule has 198 valence electrons. The third kappa shape index (κ3) is 5.16. The molecule has 3 aromatic rings. The number of nitrogens with zero attached hydrogens (tertiary/aromatic N) is 6. The van der Waals surface area contributed by atoms with Crippen LogP contribution in [0, 0.1) is 18.7 Å². The van der Waals surface area contributed by atoms with E-state index in [1.807, 2.05) is 20.0 Å². The Morgan fingerprint density at radius 1 is 1.30 bits per heavy atom. The molecular formula is C27H34ClFN6O2. The quantitative estimate of drug-likeness (QED) is 0.457. The van der Waals surface area contributed by atoms with Gasteiger partial charge in [0.2, 0.25) is 0 Å². The maximum atomic E-state index is 14.7. The Kier molecular flexibility index (Phi) is 7.36. The molecule has 1 aromatic carbocycles. The number of aromatic nitrogens is 4. The summed E-state index contributed by atoms with van der Waals surface area (Å²) in [5.74, 6) is 0.119. The first-order chi connectivity index (χ1) is 17.7. The van der Waals surface area contributed by atoms with Crippen molar-refractivity contribution < 1.29 is 14.3 Å². The maximum Gasteiger partial charge on any atom is 0.303 e. The van der Waals surface area contributed by atoms with Crippen LogP contribution in [0.4, 0.5) is 10.2 Å². The number of aliphatic carboxylic acids is 1. The summed E-state index contributed by atoms with van der Waals surface area (Å²) < 4.78 is 16.4. The van der Waals surface area contributed by atoms with Gasteiger partial charge in [-0.25, -0.2) is 19.0 Å². The molecule has 2 aliphatic rings. The molecule has 2 aromatic heterocycles. The van der Waals surface area contributed by atoms with Gasteiger partial charge in [0, 0.05) is 42.2 Å². The topological polar surface area (TPSA) is 87.4 Å². The molecule has 0 amide bonds. The van der Waals surface area contributed by atoms with Crippen LogP contribution < -0.4 is 4.90 Å². The molecule has 37 heavy (non-hydrogen) atoms. The van der Waals surface area contributed by atoms with Gasteiger partial charge in [0.05, 0.1) is 17.9 Å². The second kappa shape index (κ2) is 10.5.